The third-order valence-electron chi connectivity index (χ3n) is 6.26. The van der Waals surface area contributed by atoms with Crippen LogP contribution in [0.4, 0.5) is 11.4 Å². The van der Waals surface area contributed by atoms with E-state index in [0.717, 1.165) is 39.7 Å². The van der Waals surface area contributed by atoms with Gasteiger partial charge in [0.05, 0.1) is 29.7 Å². The van der Waals surface area contributed by atoms with Crippen LogP contribution in [-0.4, -0.2) is 25.6 Å². The van der Waals surface area contributed by atoms with Gasteiger partial charge >= 0.3 is 0 Å². The van der Waals surface area contributed by atoms with Crippen LogP contribution in [0.2, 0.25) is 0 Å². The van der Waals surface area contributed by atoms with E-state index in [1.165, 1.54) is 6.92 Å². The van der Waals surface area contributed by atoms with Crippen molar-refractivity contribution in [3.05, 3.63) is 102 Å². The highest BCUT2D eigenvalue weighted by atomic mass is 32.1. The molecule has 8 heteroatoms. The summed E-state index contributed by atoms with van der Waals surface area (Å²) in [5, 5.41) is 6.97. The van der Waals surface area contributed by atoms with Crippen molar-refractivity contribution in [3.8, 4) is 5.69 Å². The maximum atomic E-state index is 11.5. The summed E-state index contributed by atoms with van der Waals surface area (Å²) in [7, 11) is 0. The minimum absolute atomic E-state index is 0.105. The molecule has 0 aliphatic carbocycles. The van der Waals surface area contributed by atoms with Gasteiger partial charge in [-0.15, -0.1) is 0 Å². The molecular weight excluding hydrogens is 456 g/mol. The number of hydrogen-bond acceptors (Lipinski definition) is 4. The van der Waals surface area contributed by atoms with Gasteiger partial charge in [0.15, 0.2) is 5.11 Å². The van der Waals surface area contributed by atoms with E-state index in [1.807, 2.05) is 54.7 Å². The normalized spacial score (nSPS) is 17.3. The number of aryl methyl sites for hydroxylation is 1. The van der Waals surface area contributed by atoms with Gasteiger partial charge in [-0.05, 0) is 86.2 Å². The first-order valence-corrected chi connectivity index (χ1v) is 11.8. The number of pyridine rings is 2. The summed E-state index contributed by atoms with van der Waals surface area (Å²) in [5.74, 6) is -0.105. The number of anilines is 2. The number of thiocarbonyl (C=S) groups is 1. The predicted octanol–water partition coefficient (Wildman–Crippen LogP) is 5.02. The Morgan fingerprint density at radius 2 is 1.83 bits per heavy atom. The quantitative estimate of drug-likeness (QED) is 0.389. The first kappa shape index (κ1) is 22.7. The number of carbonyl (C=O) groups is 1. The number of rotatable bonds is 5. The van der Waals surface area contributed by atoms with Crippen LogP contribution < -0.4 is 15.5 Å². The standard InChI is InChI=1S/C27H26N6OS/c1-17-15-23(18(2)32(17)22-7-6-13-28-16-22)26-25(24-8-4-5-14-29-24)31-27(35)33(26)21-11-9-20(10-12-21)30-19(3)34/h4-16,25-26H,1-3H3,(H,30,34)(H,31,35). The van der Waals surface area contributed by atoms with Crippen LogP contribution in [-0.2, 0) is 4.79 Å². The molecule has 0 saturated carbocycles. The average molecular weight is 483 g/mol. The fraction of sp³-hybridized carbons (Fsp3) is 0.185. The summed E-state index contributed by atoms with van der Waals surface area (Å²) in [6.45, 7) is 5.73. The van der Waals surface area contributed by atoms with Gasteiger partial charge in [-0.2, -0.15) is 0 Å². The molecule has 176 valence electrons. The van der Waals surface area contributed by atoms with Crippen molar-refractivity contribution in [1.82, 2.24) is 19.9 Å². The zero-order valence-corrected chi connectivity index (χ0v) is 20.6. The molecule has 5 rings (SSSR count). The predicted molar refractivity (Wildman–Crippen MR) is 142 cm³/mol. The van der Waals surface area contributed by atoms with E-state index in [9.17, 15) is 4.79 Å². The molecule has 3 aromatic heterocycles. The van der Waals surface area contributed by atoms with Crippen molar-refractivity contribution in [2.45, 2.75) is 32.9 Å². The first-order chi connectivity index (χ1) is 16.9. The zero-order chi connectivity index (χ0) is 24.5. The minimum atomic E-state index is -0.137. The van der Waals surface area contributed by atoms with E-state index in [0.29, 0.717) is 5.11 Å². The summed E-state index contributed by atoms with van der Waals surface area (Å²) in [5.41, 5.74) is 7.00. The Balaban J connectivity index is 1.63. The van der Waals surface area contributed by atoms with Crippen molar-refractivity contribution < 1.29 is 4.79 Å². The van der Waals surface area contributed by atoms with Crippen molar-refractivity contribution >= 4 is 34.6 Å². The van der Waals surface area contributed by atoms with E-state index < -0.39 is 0 Å². The lowest BCUT2D eigenvalue weighted by Crippen LogP contribution is -2.29. The summed E-state index contributed by atoms with van der Waals surface area (Å²) in [6.07, 6.45) is 5.46. The molecule has 0 bridgehead atoms. The molecule has 2 N–H and O–H groups in total. The Kier molecular flexibility index (Phi) is 6.05. The van der Waals surface area contributed by atoms with Gasteiger partial charge in [0, 0.05) is 42.1 Å². The fourth-order valence-corrected chi connectivity index (χ4v) is 5.17. The Morgan fingerprint density at radius 3 is 2.49 bits per heavy atom. The maximum Gasteiger partial charge on any atom is 0.221 e. The van der Waals surface area contributed by atoms with Crippen LogP contribution >= 0.6 is 12.2 Å². The molecule has 1 aromatic carbocycles. The van der Waals surface area contributed by atoms with Gasteiger partial charge in [-0.3, -0.25) is 14.8 Å². The van der Waals surface area contributed by atoms with Crippen molar-refractivity contribution in [2.24, 2.45) is 0 Å². The molecule has 7 nitrogen and oxygen atoms in total. The molecule has 4 aromatic rings. The number of nitrogens with zero attached hydrogens (tertiary/aromatic N) is 4. The highest BCUT2D eigenvalue weighted by Gasteiger charge is 2.42. The number of amides is 1. The van der Waals surface area contributed by atoms with Gasteiger partial charge in [0.2, 0.25) is 5.91 Å². The van der Waals surface area contributed by atoms with Gasteiger partial charge in [-0.25, -0.2) is 0 Å². The SMILES string of the molecule is CC(=O)Nc1ccc(N2C(=S)NC(c3ccccn3)C2c2cc(C)n(-c3cccnc3)c2C)cc1. The molecule has 1 fully saturated rings. The summed E-state index contributed by atoms with van der Waals surface area (Å²) >= 11 is 5.86. The second kappa shape index (κ2) is 9.31. The lowest BCUT2D eigenvalue weighted by molar-refractivity contribution is -0.114. The maximum absolute atomic E-state index is 11.5. The monoisotopic (exact) mass is 482 g/mol. The Hall–Kier alpha value is -4.04. The van der Waals surface area contributed by atoms with E-state index in [4.69, 9.17) is 12.2 Å². The second-order valence-corrected chi connectivity index (χ2v) is 8.98. The third kappa shape index (κ3) is 4.28. The zero-order valence-electron chi connectivity index (χ0n) is 19.8. The topological polar surface area (TPSA) is 75.1 Å². The molecule has 2 unspecified atom stereocenters. The highest BCUT2D eigenvalue weighted by Crippen LogP contribution is 2.43. The number of benzene rings is 1. The lowest BCUT2D eigenvalue weighted by Gasteiger charge is -2.28. The molecular formula is C27H26N6OS. The minimum Gasteiger partial charge on any atom is -0.351 e. The third-order valence-corrected chi connectivity index (χ3v) is 6.57. The highest BCUT2D eigenvalue weighted by molar-refractivity contribution is 7.80. The van der Waals surface area contributed by atoms with Crippen molar-refractivity contribution in [1.29, 1.82) is 0 Å². The Bertz CT molecular complexity index is 1370. The Labute approximate surface area is 209 Å². The Morgan fingerprint density at radius 1 is 1.03 bits per heavy atom. The van der Waals surface area contributed by atoms with E-state index >= 15 is 0 Å². The molecule has 1 saturated heterocycles. The van der Waals surface area contributed by atoms with Crippen molar-refractivity contribution in [2.75, 3.05) is 10.2 Å². The number of aromatic nitrogens is 3. The van der Waals surface area contributed by atoms with Gasteiger partial charge in [0.1, 0.15) is 0 Å². The van der Waals surface area contributed by atoms with Crippen LogP contribution in [0.5, 0.6) is 0 Å². The van der Waals surface area contributed by atoms with E-state index in [-0.39, 0.29) is 18.0 Å². The molecule has 35 heavy (non-hydrogen) atoms. The number of carbonyl (C=O) groups excluding carboxylic acids is 1. The van der Waals surface area contributed by atoms with Crippen LogP contribution in [0, 0.1) is 13.8 Å². The lowest BCUT2D eigenvalue weighted by atomic mass is 9.96. The molecule has 0 radical (unpaired) electrons. The van der Waals surface area contributed by atoms with Gasteiger partial charge in [-0.1, -0.05) is 6.07 Å². The largest absolute Gasteiger partial charge is 0.351 e. The van der Waals surface area contributed by atoms with Crippen LogP contribution in [0.1, 0.15) is 41.7 Å². The molecule has 1 amide bonds. The summed E-state index contributed by atoms with van der Waals surface area (Å²) in [6, 6.07) is 19.6. The fourth-order valence-electron chi connectivity index (χ4n) is 4.83. The van der Waals surface area contributed by atoms with Crippen LogP contribution in [0.25, 0.3) is 5.69 Å². The molecule has 4 heterocycles. The van der Waals surface area contributed by atoms with Crippen molar-refractivity contribution in [3.63, 3.8) is 0 Å². The van der Waals surface area contributed by atoms with Crippen LogP contribution in [0.15, 0.2) is 79.3 Å². The van der Waals surface area contributed by atoms with E-state index in [2.05, 4.69) is 56.0 Å². The molecule has 2 atom stereocenters. The number of hydrogen-bond donors (Lipinski definition) is 2. The molecule has 1 aliphatic heterocycles. The second-order valence-electron chi connectivity index (χ2n) is 8.60. The summed E-state index contributed by atoms with van der Waals surface area (Å²) < 4.78 is 2.22. The summed E-state index contributed by atoms with van der Waals surface area (Å²) in [4.78, 5) is 22.6. The van der Waals surface area contributed by atoms with Crippen LogP contribution in [0.3, 0.4) is 0 Å². The average Bonchev–Trinajstić information content (AvgIpc) is 3.35. The number of nitrogens with one attached hydrogen (secondary N) is 2. The smallest absolute Gasteiger partial charge is 0.221 e. The van der Waals surface area contributed by atoms with Gasteiger partial charge < -0.3 is 20.1 Å². The first-order valence-electron chi connectivity index (χ1n) is 11.4. The molecule has 1 aliphatic rings. The van der Waals surface area contributed by atoms with Gasteiger partial charge in [0.25, 0.3) is 0 Å². The van der Waals surface area contributed by atoms with E-state index in [1.54, 1.807) is 12.4 Å². The molecule has 0 spiro atoms.